The third-order valence-corrected chi connectivity index (χ3v) is 11.8. The SMILES string of the molecule is CCCCCCCCC[CH2][Sb]([Cl])[CH2]CCc1cccc2ccccc12. The van der Waals surface area contributed by atoms with E-state index in [1.54, 1.807) is 0 Å². The summed E-state index contributed by atoms with van der Waals surface area (Å²) in [6.45, 7) is 2.28. The van der Waals surface area contributed by atoms with Crippen molar-refractivity contribution in [1.82, 2.24) is 0 Å². The van der Waals surface area contributed by atoms with Crippen molar-refractivity contribution in [3.8, 4) is 0 Å². The van der Waals surface area contributed by atoms with Gasteiger partial charge in [-0.25, -0.2) is 0 Å². The molecule has 0 amide bonds. The third-order valence-electron chi connectivity index (χ3n) is 4.98. The Morgan fingerprint density at radius 2 is 1.36 bits per heavy atom. The molecule has 0 saturated heterocycles. The average molecular weight is 468 g/mol. The van der Waals surface area contributed by atoms with Gasteiger partial charge in [0.1, 0.15) is 0 Å². The summed E-state index contributed by atoms with van der Waals surface area (Å²) in [4.78, 5) is 0. The summed E-state index contributed by atoms with van der Waals surface area (Å²) in [5, 5.41) is 2.79. The molecule has 138 valence electrons. The van der Waals surface area contributed by atoms with Gasteiger partial charge in [0.2, 0.25) is 0 Å². The Labute approximate surface area is 166 Å². The van der Waals surface area contributed by atoms with Gasteiger partial charge in [-0.15, -0.1) is 0 Å². The van der Waals surface area contributed by atoms with Crippen molar-refractivity contribution in [3.63, 3.8) is 0 Å². The van der Waals surface area contributed by atoms with Crippen LogP contribution in [0.5, 0.6) is 0 Å². The molecular formula is C23H34ClSb. The Bertz CT molecular complexity index is 590. The van der Waals surface area contributed by atoms with Crippen LogP contribution in [0.2, 0.25) is 8.73 Å². The van der Waals surface area contributed by atoms with E-state index in [1.165, 1.54) is 89.3 Å². The van der Waals surface area contributed by atoms with E-state index in [0.29, 0.717) is 0 Å². The summed E-state index contributed by atoms with van der Waals surface area (Å²) in [6, 6.07) is 15.4. The predicted octanol–water partition coefficient (Wildman–Crippen LogP) is 8.14. The topological polar surface area (TPSA) is 0 Å². The summed E-state index contributed by atoms with van der Waals surface area (Å²) in [7, 11) is 6.73. The van der Waals surface area contributed by atoms with E-state index in [9.17, 15) is 0 Å². The van der Waals surface area contributed by atoms with Crippen LogP contribution in [0.3, 0.4) is 0 Å². The van der Waals surface area contributed by atoms with Crippen LogP contribution < -0.4 is 0 Å². The maximum atomic E-state index is 6.73. The summed E-state index contributed by atoms with van der Waals surface area (Å²) in [5.74, 6) is 0. The molecule has 0 aliphatic carbocycles. The predicted molar refractivity (Wildman–Crippen MR) is 116 cm³/mol. The number of benzene rings is 2. The first-order valence-corrected chi connectivity index (χ1v) is 17.0. The molecule has 0 spiro atoms. The van der Waals surface area contributed by atoms with Gasteiger partial charge in [-0.1, -0.05) is 0 Å². The van der Waals surface area contributed by atoms with Gasteiger partial charge in [0.15, 0.2) is 0 Å². The van der Waals surface area contributed by atoms with E-state index in [1.807, 2.05) is 0 Å². The number of aryl methyl sites for hydroxylation is 1. The van der Waals surface area contributed by atoms with Crippen LogP contribution in [0, 0.1) is 0 Å². The van der Waals surface area contributed by atoms with Crippen LogP contribution in [-0.4, -0.2) is 19.1 Å². The molecule has 0 saturated carbocycles. The molecule has 0 fully saturated rings. The van der Waals surface area contributed by atoms with Crippen molar-refractivity contribution >= 4 is 38.7 Å². The molecule has 0 radical (unpaired) electrons. The van der Waals surface area contributed by atoms with E-state index in [4.69, 9.17) is 8.83 Å². The van der Waals surface area contributed by atoms with E-state index in [0.717, 1.165) is 0 Å². The molecule has 2 aromatic rings. The third kappa shape index (κ3) is 8.36. The Kier molecular flexibility index (Phi) is 11.0. The first-order valence-electron chi connectivity index (χ1n) is 10.2. The van der Waals surface area contributed by atoms with Crippen molar-refractivity contribution in [1.29, 1.82) is 0 Å². The van der Waals surface area contributed by atoms with Gasteiger partial charge in [0.05, 0.1) is 0 Å². The second-order valence-electron chi connectivity index (χ2n) is 7.13. The minimum absolute atomic E-state index is 1.19. The van der Waals surface area contributed by atoms with Crippen molar-refractivity contribution in [2.24, 2.45) is 0 Å². The van der Waals surface area contributed by atoms with E-state index < -0.39 is 19.1 Å². The molecule has 2 aromatic carbocycles. The molecule has 0 aliphatic rings. The summed E-state index contributed by atoms with van der Waals surface area (Å²) in [6.07, 6.45) is 13.7. The van der Waals surface area contributed by atoms with Gasteiger partial charge >= 0.3 is 167 Å². The van der Waals surface area contributed by atoms with Crippen LogP contribution in [0.25, 0.3) is 10.8 Å². The molecule has 2 rings (SSSR count). The summed E-state index contributed by atoms with van der Waals surface area (Å²) < 4.78 is 2.69. The molecule has 0 atom stereocenters. The second kappa shape index (κ2) is 13.0. The fourth-order valence-corrected chi connectivity index (χ4v) is 8.77. The van der Waals surface area contributed by atoms with E-state index in [2.05, 4.69) is 49.4 Å². The quantitative estimate of drug-likeness (QED) is 0.206. The van der Waals surface area contributed by atoms with E-state index >= 15 is 0 Å². The number of hydrogen-bond donors (Lipinski definition) is 0. The summed E-state index contributed by atoms with van der Waals surface area (Å²) >= 11 is -1.44. The zero-order valence-corrected chi connectivity index (χ0v) is 19.2. The van der Waals surface area contributed by atoms with E-state index in [-0.39, 0.29) is 0 Å². The Morgan fingerprint density at radius 1 is 0.720 bits per heavy atom. The Morgan fingerprint density at radius 3 is 2.16 bits per heavy atom. The molecular weight excluding hydrogens is 433 g/mol. The molecule has 0 aromatic heterocycles. The molecule has 0 N–H and O–H groups in total. The molecule has 2 heteroatoms. The van der Waals surface area contributed by atoms with Crippen molar-refractivity contribution < 1.29 is 0 Å². The first kappa shape index (κ1) is 21.1. The van der Waals surface area contributed by atoms with Gasteiger partial charge in [-0.05, 0) is 0 Å². The molecule has 0 nitrogen and oxygen atoms in total. The Hall–Kier alpha value is -0.192. The standard InChI is InChI=1S/C13H13.C10H21.ClH.Sb/c1-2-6-11-8-5-9-12-7-3-4-10-13(11)12;1-3-5-7-9-10-8-6-4-2;;/h3-5,7-10H,1-2,6H2;1,3-10H2,2H3;1H;/q;;;+1/p-1. The number of fused-ring (bicyclic) bond motifs is 1. The number of halogens is 1. The Balaban J connectivity index is 1.57. The normalized spacial score (nSPS) is 11.5. The molecule has 0 bridgehead atoms. The molecule has 0 aliphatic heterocycles. The van der Waals surface area contributed by atoms with Crippen LogP contribution in [0.4, 0.5) is 0 Å². The number of rotatable bonds is 13. The van der Waals surface area contributed by atoms with Crippen molar-refractivity contribution in [3.05, 3.63) is 48.0 Å². The zero-order chi connectivity index (χ0) is 17.7. The zero-order valence-electron chi connectivity index (χ0n) is 15.9. The van der Waals surface area contributed by atoms with Gasteiger partial charge < -0.3 is 0 Å². The van der Waals surface area contributed by atoms with Crippen LogP contribution in [0.15, 0.2) is 42.5 Å². The molecule has 0 unspecified atom stereocenters. The van der Waals surface area contributed by atoms with Crippen LogP contribution in [-0.2, 0) is 6.42 Å². The fourth-order valence-electron chi connectivity index (χ4n) is 3.48. The van der Waals surface area contributed by atoms with Gasteiger partial charge in [0, 0.05) is 0 Å². The van der Waals surface area contributed by atoms with Gasteiger partial charge in [-0.2, -0.15) is 0 Å². The van der Waals surface area contributed by atoms with Gasteiger partial charge in [-0.3, -0.25) is 0 Å². The molecule has 0 heterocycles. The number of hydrogen-bond acceptors (Lipinski definition) is 0. The molecule has 25 heavy (non-hydrogen) atoms. The monoisotopic (exact) mass is 466 g/mol. The fraction of sp³-hybridized carbons (Fsp3) is 0.565. The van der Waals surface area contributed by atoms with Crippen molar-refractivity contribution in [2.45, 2.75) is 79.9 Å². The average Bonchev–Trinajstić information content (AvgIpc) is 2.64. The summed E-state index contributed by atoms with van der Waals surface area (Å²) in [5.41, 5.74) is 1.50. The number of unbranched alkanes of at least 4 members (excludes halogenated alkanes) is 7. The maximum absolute atomic E-state index is 6.73. The first-order chi connectivity index (χ1) is 12.3. The van der Waals surface area contributed by atoms with Crippen molar-refractivity contribution in [2.75, 3.05) is 0 Å². The minimum atomic E-state index is -1.44. The van der Waals surface area contributed by atoms with Crippen LogP contribution >= 0.6 is 8.83 Å². The van der Waals surface area contributed by atoms with Crippen LogP contribution in [0.1, 0.15) is 70.3 Å². The van der Waals surface area contributed by atoms with Gasteiger partial charge in [0.25, 0.3) is 0 Å². The second-order valence-corrected chi connectivity index (χ2v) is 15.5.